The van der Waals surface area contributed by atoms with Crippen LogP contribution in [-0.4, -0.2) is 30.6 Å². The summed E-state index contributed by atoms with van der Waals surface area (Å²) in [5.74, 6) is 0.117. The van der Waals surface area contributed by atoms with Gasteiger partial charge in [-0.25, -0.2) is 0 Å². The van der Waals surface area contributed by atoms with Crippen LogP contribution in [0.15, 0.2) is 0 Å². The highest BCUT2D eigenvalue weighted by Crippen LogP contribution is 2.06. The number of hydrogen-bond acceptors (Lipinski definition) is 3. The molecule has 1 saturated heterocycles. The van der Waals surface area contributed by atoms with E-state index in [2.05, 4.69) is 10.6 Å². The minimum absolute atomic E-state index is 0.0553. The van der Waals surface area contributed by atoms with Gasteiger partial charge in [0.15, 0.2) is 0 Å². The molecule has 0 radical (unpaired) electrons. The number of hydrogen-bond donors (Lipinski definition) is 3. The van der Waals surface area contributed by atoms with E-state index in [1.807, 2.05) is 13.8 Å². The van der Waals surface area contributed by atoms with Gasteiger partial charge in [0.25, 0.3) is 0 Å². The van der Waals surface area contributed by atoms with Gasteiger partial charge in [0.05, 0.1) is 6.04 Å². The molecular formula is C10H21N3O. The first-order valence-electron chi connectivity index (χ1n) is 5.29. The van der Waals surface area contributed by atoms with Crippen LogP contribution < -0.4 is 16.4 Å². The maximum absolute atomic E-state index is 11.5. The van der Waals surface area contributed by atoms with Crippen LogP contribution in [0.1, 0.15) is 33.1 Å². The number of carbonyl (C=O) groups is 1. The highest BCUT2D eigenvalue weighted by molar-refractivity contribution is 5.81. The molecule has 0 spiro atoms. The van der Waals surface area contributed by atoms with E-state index < -0.39 is 0 Å². The summed E-state index contributed by atoms with van der Waals surface area (Å²) >= 11 is 0. The molecule has 1 unspecified atom stereocenters. The summed E-state index contributed by atoms with van der Waals surface area (Å²) in [6.45, 7) is 5.39. The molecule has 0 saturated carbocycles. The third kappa shape index (κ3) is 4.07. The summed E-state index contributed by atoms with van der Waals surface area (Å²) in [6, 6.07) is -0.0553. The Hall–Kier alpha value is -0.610. The first kappa shape index (κ1) is 11.5. The molecule has 4 nitrogen and oxygen atoms in total. The fraction of sp³-hybridized carbons (Fsp3) is 0.900. The lowest BCUT2D eigenvalue weighted by molar-refractivity contribution is -0.122. The number of nitrogens with one attached hydrogen (secondary N) is 2. The van der Waals surface area contributed by atoms with Crippen LogP contribution in [-0.2, 0) is 4.79 Å². The summed E-state index contributed by atoms with van der Waals surface area (Å²) in [4.78, 5) is 11.5. The van der Waals surface area contributed by atoms with Gasteiger partial charge >= 0.3 is 0 Å². The van der Waals surface area contributed by atoms with Crippen LogP contribution in [0.3, 0.4) is 0 Å². The number of nitrogens with two attached hydrogens (primary N) is 1. The molecule has 0 aromatic carbocycles. The Balaban J connectivity index is 2.37. The van der Waals surface area contributed by atoms with Gasteiger partial charge in [0, 0.05) is 18.6 Å². The van der Waals surface area contributed by atoms with Crippen molar-refractivity contribution in [3.8, 4) is 0 Å². The third-order valence-electron chi connectivity index (χ3n) is 2.34. The minimum Gasteiger partial charge on any atom is -0.355 e. The Labute approximate surface area is 85.6 Å². The van der Waals surface area contributed by atoms with E-state index in [0.29, 0.717) is 6.54 Å². The van der Waals surface area contributed by atoms with E-state index in [1.54, 1.807) is 0 Å². The van der Waals surface area contributed by atoms with Crippen LogP contribution in [0.4, 0.5) is 0 Å². The third-order valence-corrected chi connectivity index (χ3v) is 2.34. The fourth-order valence-corrected chi connectivity index (χ4v) is 1.52. The molecule has 1 aliphatic heterocycles. The second kappa shape index (κ2) is 4.75. The molecule has 14 heavy (non-hydrogen) atoms. The van der Waals surface area contributed by atoms with Crippen molar-refractivity contribution in [2.45, 2.75) is 44.7 Å². The molecule has 1 atom stereocenters. The van der Waals surface area contributed by atoms with Gasteiger partial charge in [-0.15, -0.1) is 0 Å². The molecule has 82 valence electrons. The molecule has 1 amide bonds. The van der Waals surface area contributed by atoms with E-state index in [1.165, 1.54) is 0 Å². The van der Waals surface area contributed by atoms with Gasteiger partial charge in [0.1, 0.15) is 0 Å². The maximum atomic E-state index is 11.5. The van der Waals surface area contributed by atoms with Crippen LogP contribution >= 0.6 is 0 Å². The summed E-state index contributed by atoms with van der Waals surface area (Å²) in [7, 11) is 0. The molecular weight excluding hydrogens is 178 g/mol. The Morgan fingerprint density at radius 3 is 2.93 bits per heavy atom. The van der Waals surface area contributed by atoms with Crippen LogP contribution in [0.2, 0.25) is 0 Å². The van der Waals surface area contributed by atoms with Crippen molar-refractivity contribution < 1.29 is 4.79 Å². The molecule has 0 aliphatic carbocycles. The van der Waals surface area contributed by atoms with Gasteiger partial charge in [0.2, 0.25) is 5.91 Å². The van der Waals surface area contributed by atoms with Crippen molar-refractivity contribution in [1.29, 1.82) is 0 Å². The van der Waals surface area contributed by atoms with Gasteiger partial charge in [-0.05, 0) is 33.1 Å². The molecule has 0 aromatic heterocycles. The van der Waals surface area contributed by atoms with Gasteiger partial charge in [-0.2, -0.15) is 0 Å². The number of amides is 1. The van der Waals surface area contributed by atoms with E-state index in [0.717, 1.165) is 25.8 Å². The Morgan fingerprint density at radius 1 is 1.57 bits per heavy atom. The van der Waals surface area contributed by atoms with E-state index in [9.17, 15) is 4.79 Å². The van der Waals surface area contributed by atoms with Gasteiger partial charge in [-0.1, -0.05) is 0 Å². The lowest BCUT2D eigenvalue weighted by atomic mass is 10.1. The van der Waals surface area contributed by atoms with Crippen molar-refractivity contribution in [3.63, 3.8) is 0 Å². The predicted molar refractivity (Wildman–Crippen MR) is 56.9 cm³/mol. The average molecular weight is 199 g/mol. The zero-order valence-corrected chi connectivity index (χ0v) is 9.10. The fourth-order valence-electron chi connectivity index (χ4n) is 1.52. The summed E-state index contributed by atoms with van der Waals surface area (Å²) in [5, 5.41) is 6.10. The first-order valence-corrected chi connectivity index (χ1v) is 5.29. The van der Waals surface area contributed by atoms with Crippen LogP contribution in [0.25, 0.3) is 0 Å². The number of carbonyl (C=O) groups excluding carboxylic acids is 1. The summed E-state index contributed by atoms with van der Waals surface area (Å²) in [5.41, 5.74) is 5.59. The van der Waals surface area contributed by atoms with E-state index in [-0.39, 0.29) is 17.5 Å². The first-order chi connectivity index (χ1) is 6.49. The van der Waals surface area contributed by atoms with Crippen molar-refractivity contribution in [2.75, 3.05) is 13.1 Å². The molecule has 0 bridgehead atoms. The highest BCUT2D eigenvalue weighted by Gasteiger charge is 2.21. The topological polar surface area (TPSA) is 67.2 Å². The normalized spacial score (nSPS) is 24.2. The Kier molecular flexibility index (Phi) is 3.89. The second-order valence-electron chi connectivity index (χ2n) is 4.71. The predicted octanol–water partition coefficient (Wildman–Crippen LogP) is -0.0180. The maximum Gasteiger partial charge on any atom is 0.237 e. The molecule has 1 aliphatic rings. The van der Waals surface area contributed by atoms with E-state index in [4.69, 9.17) is 5.73 Å². The van der Waals surface area contributed by atoms with Gasteiger partial charge < -0.3 is 16.4 Å². The van der Waals surface area contributed by atoms with Crippen molar-refractivity contribution in [1.82, 2.24) is 10.6 Å². The zero-order valence-electron chi connectivity index (χ0n) is 9.10. The number of rotatable bonds is 3. The smallest absolute Gasteiger partial charge is 0.237 e. The largest absolute Gasteiger partial charge is 0.355 e. The van der Waals surface area contributed by atoms with Crippen LogP contribution in [0, 0.1) is 0 Å². The second-order valence-corrected chi connectivity index (χ2v) is 4.71. The van der Waals surface area contributed by atoms with Crippen molar-refractivity contribution in [3.05, 3.63) is 0 Å². The van der Waals surface area contributed by atoms with E-state index >= 15 is 0 Å². The van der Waals surface area contributed by atoms with Crippen LogP contribution in [0.5, 0.6) is 0 Å². The summed E-state index contributed by atoms with van der Waals surface area (Å²) < 4.78 is 0. The molecule has 1 rings (SSSR count). The minimum atomic E-state index is -0.257. The highest BCUT2D eigenvalue weighted by atomic mass is 16.2. The Bertz CT molecular complexity index is 198. The molecule has 4 heteroatoms. The molecule has 4 N–H and O–H groups in total. The molecule has 1 fully saturated rings. The monoisotopic (exact) mass is 199 g/mol. The standard InChI is InChI=1S/C10H21N3O/c1-10(2,11)7-13-8-5-3-4-6-12-9(8)14/h8,13H,3-7,11H2,1-2H3,(H,12,14). The average Bonchev–Trinajstić information content (AvgIpc) is 2.25. The Morgan fingerprint density at radius 2 is 2.29 bits per heavy atom. The van der Waals surface area contributed by atoms with Gasteiger partial charge in [-0.3, -0.25) is 4.79 Å². The lowest BCUT2D eigenvalue weighted by Crippen LogP contribution is -2.50. The lowest BCUT2D eigenvalue weighted by Gasteiger charge is -2.23. The molecule has 0 aromatic rings. The van der Waals surface area contributed by atoms with Crippen molar-refractivity contribution in [2.24, 2.45) is 5.73 Å². The SMILES string of the molecule is CC(C)(N)CNC1CCCCNC1=O. The zero-order chi connectivity index (χ0) is 10.6. The summed E-state index contributed by atoms with van der Waals surface area (Å²) in [6.07, 6.45) is 3.10. The molecule has 1 heterocycles. The van der Waals surface area contributed by atoms with Crippen molar-refractivity contribution >= 4 is 5.91 Å². The quantitative estimate of drug-likeness (QED) is 0.598.